The summed E-state index contributed by atoms with van der Waals surface area (Å²) in [5, 5.41) is 9.76. The average molecular weight is 492 g/mol. The lowest BCUT2D eigenvalue weighted by Crippen LogP contribution is -2.55. The number of nitrogens with one attached hydrogen (secondary N) is 1. The van der Waals surface area contributed by atoms with Crippen LogP contribution >= 0.6 is 0 Å². The molecule has 0 radical (unpaired) electrons. The molecule has 4 N–H and O–H groups in total. The van der Waals surface area contributed by atoms with Crippen LogP contribution in [0, 0.1) is 11.8 Å². The van der Waals surface area contributed by atoms with E-state index >= 15 is 0 Å². The molecular formula is C28H21N5O4. The third-order valence-corrected chi connectivity index (χ3v) is 6.22. The van der Waals surface area contributed by atoms with E-state index in [1.54, 1.807) is 48.8 Å². The fourth-order valence-electron chi connectivity index (χ4n) is 4.10. The van der Waals surface area contributed by atoms with Crippen LogP contribution < -0.4 is 11.3 Å². The van der Waals surface area contributed by atoms with Gasteiger partial charge in [0.25, 0.3) is 11.8 Å². The molecule has 0 bridgehead atoms. The van der Waals surface area contributed by atoms with Crippen LogP contribution in [-0.2, 0) is 4.79 Å². The van der Waals surface area contributed by atoms with Crippen LogP contribution in [0.3, 0.4) is 0 Å². The summed E-state index contributed by atoms with van der Waals surface area (Å²) in [6.45, 7) is 0.445. The first-order chi connectivity index (χ1) is 17.9. The van der Waals surface area contributed by atoms with E-state index in [0.717, 1.165) is 16.7 Å². The molecule has 2 amide bonds. The second-order valence-corrected chi connectivity index (χ2v) is 8.47. The molecule has 3 heterocycles. The number of benzene rings is 2. The van der Waals surface area contributed by atoms with Gasteiger partial charge in [-0.15, -0.1) is 0 Å². The molecule has 0 aliphatic carbocycles. The highest BCUT2D eigenvalue weighted by Crippen LogP contribution is 2.25. The highest BCUT2D eigenvalue weighted by atomic mass is 16.4. The highest BCUT2D eigenvalue weighted by Gasteiger charge is 2.37. The van der Waals surface area contributed by atoms with Gasteiger partial charge < -0.3 is 10.0 Å². The van der Waals surface area contributed by atoms with Gasteiger partial charge in [0.1, 0.15) is 6.04 Å². The van der Waals surface area contributed by atoms with Gasteiger partial charge in [-0.3, -0.25) is 20.0 Å². The van der Waals surface area contributed by atoms with E-state index in [0.29, 0.717) is 40.7 Å². The average Bonchev–Trinajstić information content (AvgIpc) is 2.90. The van der Waals surface area contributed by atoms with Gasteiger partial charge in [-0.05, 0) is 55.0 Å². The van der Waals surface area contributed by atoms with Crippen molar-refractivity contribution in [3.63, 3.8) is 0 Å². The number of nitrogens with zero attached hydrogens (tertiary/aromatic N) is 3. The maximum Gasteiger partial charge on any atom is 0.326 e. The van der Waals surface area contributed by atoms with E-state index in [1.807, 2.05) is 24.3 Å². The van der Waals surface area contributed by atoms with Crippen LogP contribution in [0.1, 0.15) is 38.3 Å². The highest BCUT2D eigenvalue weighted by molar-refractivity contribution is 6.06. The Hall–Kier alpha value is -5.07. The van der Waals surface area contributed by atoms with Gasteiger partial charge in [-0.25, -0.2) is 15.6 Å². The van der Waals surface area contributed by atoms with Gasteiger partial charge in [0.05, 0.1) is 16.8 Å². The molecule has 1 saturated heterocycles. The Balaban J connectivity index is 1.33. The molecular weight excluding hydrogens is 470 g/mol. The van der Waals surface area contributed by atoms with Crippen LogP contribution in [0.2, 0.25) is 0 Å². The third-order valence-electron chi connectivity index (χ3n) is 6.22. The van der Waals surface area contributed by atoms with Crippen molar-refractivity contribution in [2.75, 3.05) is 6.54 Å². The molecule has 1 atom stereocenters. The minimum Gasteiger partial charge on any atom is -0.480 e. The number of aromatic nitrogens is 2. The molecule has 5 rings (SSSR count). The van der Waals surface area contributed by atoms with Crippen LogP contribution in [-0.4, -0.2) is 50.3 Å². The van der Waals surface area contributed by atoms with Crippen LogP contribution in [0.15, 0.2) is 73.1 Å². The number of fused-ring (bicyclic) bond motifs is 1. The standard InChI is InChI=1S/C28H21N5O4/c29-32-26(34)21-15-24(31-23-11-13-30-16-22(21)23)19-7-3-17(4-8-19)1-2-18-5-9-20(10-6-18)27(35)33-14-12-25(33)28(36)37/h3-11,13,15-16,25H,12,14,29H2,(H,32,34)(H,36,37). The number of aliphatic carboxylic acids is 1. The molecule has 37 heavy (non-hydrogen) atoms. The summed E-state index contributed by atoms with van der Waals surface area (Å²) in [5.41, 5.74) is 6.53. The topological polar surface area (TPSA) is 139 Å². The normalized spacial score (nSPS) is 14.3. The molecule has 2 aromatic heterocycles. The van der Waals surface area contributed by atoms with Crippen molar-refractivity contribution in [2.24, 2.45) is 5.84 Å². The Bertz CT molecular complexity index is 1590. The Labute approximate surface area is 211 Å². The molecule has 1 fully saturated rings. The lowest BCUT2D eigenvalue weighted by atomic mass is 10.0. The van der Waals surface area contributed by atoms with E-state index in [-0.39, 0.29) is 5.91 Å². The van der Waals surface area contributed by atoms with Gasteiger partial charge in [-0.1, -0.05) is 24.0 Å². The summed E-state index contributed by atoms with van der Waals surface area (Å²) in [5.74, 6) is 9.81. The SMILES string of the molecule is NNC(=O)c1cc(-c2ccc(C#Cc3ccc(C(=O)N4CCC4C(=O)O)cc3)cc2)nc2ccncc12. The monoisotopic (exact) mass is 491 g/mol. The van der Waals surface area contributed by atoms with Gasteiger partial charge in [0, 0.05) is 46.6 Å². The van der Waals surface area contributed by atoms with E-state index in [4.69, 9.17) is 10.9 Å². The second-order valence-electron chi connectivity index (χ2n) is 8.47. The molecule has 0 spiro atoms. The number of carbonyl (C=O) groups excluding carboxylic acids is 2. The maximum atomic E-state index is 12.5. The summed E-state index contributed by atoms with van der Waals surface area (Å²) >= 11 is 0. The van der Waals surface area contributed by atoms with Crippen LogP contribution in [0.5, 0.6) is 0 Å². The van der Waals surface area contributed by atoms with Crippen molar-refractivity contribution in [1.29, 1.82) is 0 Å². The van der Waals surface area contributed by atoms with Crippen molar-refractivity contribution in [3.05, 3.63) is 95.3 Å². The summed E-state index contributed by atoms with van der Waals surface area (Å²) in [7, 11) is 0. The summed E-state index contributed by atoms with van der Waals surface area (Å²) < 4.78 is 0. The molecule has 1 unspecified atom stereocenters. The number of likely N-dealkylation sites (tertiary alicyclic amines) is 1. The molecule has 182 valence electrons. The fraction of sp³-hybridized carbons (Fsp3) is 0.107. The van der Waals surface area contributed by atoms with E-state index in [9.17, 15) is 14.4 Å². The van der Waals surface area contributed by atoms with Crippen molar-refractivity contribution in [1.82, 2.24) is 20.3 Å². The molecule has 1 aliphatic heterocycles. The predicted molar refractivity (Wildman–Crippen MR) is 136 cm³/mol. The van der Waals surface area contributed by atoms with E-state index in [2.05, 4.69) is 27.2 Å². The second kappa shape index (κ2) is 9.89. The van der Waals surface area contributed by atoms with E-state index < -0.39 is 17.9 Å². The number of carboxylic acids is 1. The molecule has 9 heteroatoms. The minimum atomic E-state index is -0.983. The molecule has 9 nitrogen and oxygen atoms in total. The number of hydrogen-bond donors (Lipinski definition) is 3. The van der Waals surface area contributed by atoms with Crippen molar-refractivity contribution >= 4 is 28.7 Å². The number of nitrogen functional groups attached to an aromatic ring is 1. The van der Waals surface area contributed by atoms with Crippen molar-refractivity contribution in [2.45, 2.75) is 12.5 Å². The first-order valence-corrected chi connectivity index (χ1v) is 11.5. The first kappa shape index (κ1) is 23.7. The number of hydrazine groups is 1. The van der Waals surface area contributed by atoms with Crippen molar-refractivity contribution < 1.29 is 19.5 Å². The Morgan fingerprint density at radius 3 is 2.27 bits per heavy atom. The summed E-state index contributed by atoms with van der Waals surface area (Å²) in [6, 6.07) is 16.9. The third kappa shape index (κ3) is 4.74. The number of nitrogens with two attached hydrogens (primary N) is 1. The minimum absolute atomic E-state index is 0.292. The number of rotatable bonds is 4. The van der Waals surface area contributed by atoms with Gasteiger partial charge >= 0.3 is 5.97 Å². The smallest absolute Gasteiger partial charge is 0.326 e. The van der Waals surface area contributed by atoms with E-state index in [1.165, 1.54) is 4.90 Å². The van der Waals surface area contributed by atoms with Gasteiger partial charge in [0.15, 0.2) is 0 Å². The Morgan fingerprint density at radius 2 is 1.68 bits per heavy atom. The molecule has 0 saturated carbocycles. The molecule has 2 aromatic carbocycles. The zero-order chi connectivity index (χ0) is 25.9. The zero-order valence-electron chi connectivity index (χ0n) is 19.5. The summed E-state index contributed by atoms with van der Waals surface area (Å²) in [4.78, 5) is 46.0. The lowest BCUT2D eigenvalue weighted by Gasteiger charge is -2.37. The number of pyridine rings is 2. The Kier molecular flexibility index (Phi) is 6.32. The molecule has 1 aliphatic rings. The van der Waals surface area contributed by atoms with Crippen LogP contribution in [0.4, 0.5) is 0 Å². The quantitative estimate of drug-likeness (QED) is 0.173. The van der Waals surface area contributed by atoms with Crippen molar-refractivity contribution in [3.8, 4) is 23.1 Å². The first-order valence-electron chi connectivity index (χ1n) is 11.5. The van der Waals surface area contributed by atoms with Gasteiger partial charge in [-0.2, -0.15) is 0 Å². The number of carboxylic acid groups (broad SMARTS) is 1. The zero-order valence-corrected chi connectivity index (χ0v) is 19.5. The fourth-order valence-corrected chi connectivity index (χ4v) is 4.10. The van der Waals surface area contributed by atoms with Gasteiger partial charge in [0.2, 0.25) is 0 Å². The largest absolute Gasteiger partial charge is 0.480 e. The lowest BCUT2D eigenvalue weighted by molar-refractivity contribution is -0.146. The molecule has 4 aromatic rings. The number of carbonyl (C=O) groups is 3. The summed E-state index contributed by atoms with van der Waals surface area (Å²) in [6.07, 6.45) is 3.67. The maximum absolute atomic E-state index is 12.5. The number of amides is 2. The van der Waals surface area contributed by atoms with Crippen LogP contribution in [0.25, 0.3) is 22.2 Å². The predicted octanol–water partition coefficient (Wildman–Crippen LogP) is 2.60. The Morgan fingerprint density at radius 1 is 1.00 bits per heavy atom. The number of hydrogen-bond acceptors (Lipinski definition) is 6.